The third-order valence-corrected chi connectivity index (χ3v) is 10.8. The molecular weight excluding hydrogens is 566 g/mol. The number of nitrogens with zero attached hydrogens (tertiary/aromatic N) is 4. The Morgan fingerprint density at radius 2 is 1.90 bits per heavy atom. The molecule has 2 N–H and O–H groups in total. The minimum atomic E-state index is -3.22. The van der Waals surface area contributed by atoms with E-state index in [4.69, 9.17) is 16.3 Å². The highest BCUT2D eigenvalue weighted by Gasteiger charge is 2.51. The molecule has 10 nitrogen and oxygen atoms in total. The van der Waals surface area contributed by atoms with E-state index >= 15 is 0 Å². The molecule has 4 heterocycles. The number of benzene rings is 1. The number of hydrogen-bond donors (Lipinski definition) is 2. The Morgan fingerprint density at radius 1 is 1.20 bits per heavy atom. The van der Waals surface area contributed by atoms with Crippen molar-refractivity contribution in [2.75, 3.05) is 35.2 Å². The van der Waals surface area contributed by atoms with Crippen LogP contribution in [-0.2, 0) is 16.9 Å². The van der Waals surface area contributed by atoms with Gasteiger partial charge in [-0.3, -0.25) is 4.79 Å². The number of rotatable bonds is 4. The summed E-state index contributed by atoms with van der Waals surface area (Å²) in [5.74, 6) is -2.84. The number of anilines is 4. The summed E-state index contributed by atoms with van der Waals surface area (Å²) < 4.78 is 61.6. The lowest BCUT2D eigenvalue weighted by Crippen LogP contribution is -2.50. The molecule has 40 heavy (non-hydrogen) atoms. The molecule has 3 aliphatic rings. The van der Waals surface area contributed by atoms with Crippen molar-refractivity contribution in [3.8, 4) is 5.75 Å². The third-order valence-electron chi connectivity index (χ3n) is 7.96. The average molecular weight is 595 g/mol. The number of pyridine rings is 1. The third kappa shape index (κ3) is 4.52. The Labute approximate surface area is 234 Å². The molecule has 14 heteroatoms. The van der Waals surface area contributed by atoms with Crippen LogP contribution in [0.15, 0.2) is 29.2 Å². The van der Waals surface area contributed by atoms with E-state index < -0.39 is 44.5 Å². The maximum atomic E-state index is 14.9. The first kappa shape index (κ1) is 27.0. The van der Waals surface area contributed by atoms with Crippen LogP contribution in [0.4, 0.5) is 31.9 Å². The first-order valence-corrected chi connectivity index (χ1v) is 15.1. The molecule has 1 saturated heterocycles. The van der Waals surface area contributed by atoms with Crippen LogP contribution >= 0.6 is 11.6 Å². The number of fused-ring (bicyclic) bond motifs is 3. The Morgan fingerprint density at radius 3 is 2.58 bits per heavy atom. The summed E-state index contributed by atoms with van der Waals surface area (Å²) in [5, 5.41) is 5.76. The molecule has 2 fully saturated rings. The van der Waals surface area contributed by atoms with E-state index in [0.29, 0.717) is 41.2 Å². The largest absolute Gasteiger partial charge is 0.480 e. The Hall–Kier alpha value is -3.19. The molecule has 1 saturated carbocycles. The summed E-state index contributed by atoms with van der Waals surface area (Å²) in [6, 6.07) is 4.03. The summed E-state index contributed by atoms with van der Waals surface area (Å²) in [6.07, 6.45) is 2.82. The maximum Gasteiger partial charge on any atom is 0.301 e. The second-order valence-electron chi connectivity index (χ2n) is 10.9. The van der Waals surface area contributed by atoms with E-state index in [1.54, 1.807) is 39.1 Å². The van der Waals surface area contributed by atoms with Crippen molar-refractivity contribution >= 4 is 55.5 Å². The Kier molecular flexibility index (Phi) is 6.37. The number of aromatic nitrogens is 3. The molecule has 3 atom stereocenters. The van der Waals surface area contributed by atoms with E-state index in [2.05, 4.69) is 20.6 Å². The van der Waals surface area contributed by atoms with Gasteiger partial charge in [0.05, 0.1) is 33.9 Å². The standard InChI is InChI=1S/C26H29ClF2N6O4S/c1-13-10-35(11-14(2)40(13,37)38)25-30-9-18(27)23(33-25)31-16-6-7-19-17(8-16)20-21(24(36)34(19)3)39-12-26(28,29)22(32-20)15-4-5-15/h6-9,13-15,22,32H,4-5,10-12H2,1-3H3,(H,30,31,33)/t13?,14?,22-/m0/s1. The van der Waals surface area contributed by atoms with Gasteiger partial charge in [-0.15, -0.1) is 0 Å². The van der Waals surface area contributed by atoms with Crippen molar-refractivity contribution < 1.29 is 21.9 Å². The van der Waals surface area contributed by atoms with Crippen LogP contribution in [0.3, 0.4) is 0 Å². The fourth-order valence-electron chi connectivity index (χ4n) is 5.48. The normalized spacial score (nSPS) is 25.4. The predicted molar refractivity (Wildman–Crippen MR) is 150 cm³/mol. The highest BCUT2D eigenvalue weighted by molar-refractivity contribution is 7.92. The van der Waals surface area contributed by atoms with Gasteiger partial charge in [-0.1, -0.05) is 11.6 Å². The van der Waals surface area contributed by atoms with Gasteiger partial charge in [0.2, 0.25) is 11.7 Å². The van der Waals surface area contributed by atoms with Gasteiger partial charge in [0.15, 0.2) is 22.3 Å². The topological polar surface area (TPSA) is 118 Å². The maximum absolute atomic E-state index is 14.9. The molecule has 0 radical (unpaired) electrons. The van der Waals surface area contributed by atoms with Crippen LogP contribution in [0.1, 0.15) is 26.7 Å². The molecule has 1 aromatic carbocycles. The van der Waals surface area contributed by atoms with E-state index in [9.17, 15) is 22.0 Å². The number of sulfone groups is 1. The second kappa shape index (κ2) is 9.44. The summed E-state index contributed by atoms with van der Waals surface area (Å²) in [4.78, 5) is 23.7. The van der Waals surface area contributed by atoms with Gasteiger partial charge in [-0.2, -0.15) is 4.98 Å². The van der Waals surface area contributed by atoms with Crippen molar-refractivity contribution in [3.05, 3.63) is 39.8 Å². The zero-order valence-electron chi connectivity index (χ0n) is 22.1. The highest BCUT2D eigenvalue weighted by Crippen LogP contribution is 2.45. The van der Waals surface area contributed by atoms with Crippen molar-refractivity contribution in [1.29, 1.82) is 0 Å². The molecule has 214 valence electrons. The van der Waals surface area contributed by atoms with Crippen LogP contribution in [0, 0.1) is 5.92 Å². The van der Waals surface area contributed by atoms with Crippen molar-refractivity contribution in [2.24, 2.45) is 13.0 Å². The number of alkyl halides is 2. The molecule has 6 rings (SSSR count). The molecule has 2 aliphatic heterocycles. The lowest BCUT2D eigenvalue weighted by molar-refractivity contribution is -0.0579. The van der Waals surface area contributed by atoms with Crippen LogP contribution in [0.2, 0.25) is 5.02 Å². The summed E-state index contributed by atoms with van der Waals surface area (Å²) in [6.45, 7) is 2.96. The molecule has 2 unspecified atom stereocenters. The van der Waals surface area contributed by atoms with Crippen LogP contribution in [0.25, 0.3) is 10.9 Å². The molecule has 0 amide bonds. The molecule has 0 spiro atoms. The van der Waals surface area contributed by atoms with Crippen LogP contribution in [-0.4, -0.2) is 65.1 Å². The molecule has 3 aromatic rings. The SMILES string of the molecule is CC1CN(c2ncc(Cl)c(Nc3ccc4c(c3)c3c(c(=O)n4C)OCC(F)(F)[C@H](C4CC4)N3)n2)CC(C)S1(=O)=O. The monoisotopic (exact) mass is 594 g/mol. The fraction of sp³-hybridized carbons (Fsp3) is 0.500. The quantitative estimate of drug-likeness (QED) is 0.463. The lowest BCUT2D eigenvalue weighted by Gasteiger charge is -2.34. The van der Waals surface area contributed by atoms with Gasteiger partial charge < -0.3 is 24.8 Å². The number of aryl methyl sites for hydroxylation is 1. The van der Waals surface area contributed by atoms with Crippen molar-refractivity contribution in [3.63, 3.8) is 0 Å². The van der Waals surface area contributed by atoms with E-state index in [1.165, 1.54) is 10.8 Å². The van der Waals surface area contributed by atoms with Gasteiger partial charge in [0, 0.05) is 31.2 Å². The number of ether oxygens (including phenoxy) is 1. The van der Waals surface area contributed by atoms with Gasteiger partial charge in [0.25, 0.3) is 5.56 Å². The zero-order chi connectivity index (χ0) is 28.6. The summed E-state index contributed by atoms with van der Waals surface area (Å²) in [7, 11) is -1.66. The highest BCUT2D eigenvalue weighted by atomic mass is 35.5. The second-order valence-corrected chi connectivity index (χ2v) is 14.1. The summed E-state index contributed by atoms with van der Waals surface area (Å²) >= 11 is 6.42. The predicted octanol–water partition coefficient (Wildman–Crippen LogP) is 3.96. The molecule has 0 bridgehead atoms. The smallest absolute Gasteiger partial charge is 0.301 e. The van der Waals surface area contributed by atoms with Crippen molar-refractivity contribution in [1.82, 2.24) is 14.5 Å². The van der Waals surface area contributed by atoms with Gasteiger partial charge >= 0.3 is 5.92 Å². The summed E-state index contributed by atoms with van der Waals surface area (Å²) in [5.41, 5.74) is 0.821. The average Bonchev–Trinajstić information content (AvgIpc) is 3.74. The van der Waals surface area contributed by atoms with Crippen molar-refractivity contribution in [2.45, 2.75) is 49.2 Å². The Bertz CT molecular complexity index is 1660. The van der Waals surface area contributed by atoms with Gasteiger partial charge in [0.1, 0.15) is 5.02 Å². The first-order chi connectivity index (χ1) is 18.9. The number of nitrogens with one attached hydrogen (secondary N) is 2. The van der Waals surface area contributed by atoms with Gasteiger partial charge in [-0.25, -0.2) is 22.2 Å². The molecular formula is C26H29ClF2N6O4S. The van der Waals surface area contributed by atoms with Gasteiger partial charge in [-0.05, 0) is 50.8 Å². The minimum Gasteiger partial charge on any atom is -0.480 e. The van der Waals surface area contributed by atoms with Crippen LogP contribution in [0.5, 0.6) is 5.75 Å². The lowest BCUT2D eigenvalue weighted by atomic mass is 10.0. The van der Waals surface area contributed by atoms with E-state index in [-0.39, 0.29) is 35.5 Å². The number of halogens is 3. The minimum absolute atomic E-state index is 0.138. The number of hydrogen-bond acceptors (Lipinski definition) is 9. The van der Waals surface area contributed by atoms with Crippen LogP contribution < -0.4 is 25.8 Å². The van der Waals surface area contributed by atoms with E-state index in [1.807, 2.05) is 4.90 Å². The Balaban J connectivity index is 1.37. The molecule has 2 aromatic heterocycles. The fourth-order valence-corrected chi connectivity index (χ4v) is 7.19. The van der Waals surface area contributed by atoms with E-state index in [0.717, 1.165) is 0 Å². The zero-order valence-corrected chi connectivity index (χ0v) is 23.7. The first-order valence-electron chi connectivity index (χ1n) is 13.1. The molecule has 1 aliphatic carbocycles.